The molecule has 1 fully saturated rings. The highest BCUT2D eigenvalue weighted by molar-refractivity contribution is 5.05. The van der Waals surface area contributed by atoms with E-state index in [-0.39, 0.29) is 16.2 Å². The molecule has 0 bridgehead atoms. The molecule has 0 aliphatic carbocycles. The Bertz CT molecular complexity index is 343. The first kappa shape index (κ1) is 18.0. The molecule has 1 rings (SSSR count). The summed E-state index contributed by atoms with van der Waals surface area (Å²) >= 11 is 0. The number of hydrogen-bond donors (Lipinski definition) is 0. The normalized spacial score (nSPS) is 21.8. The lowest BCUT2D eigenvalue weighted by molar-refractivity contribution is -0.0667. The van der Waals surface area contributed by atoms with Crippen molar-refractivity contribution in [3.63, 3.8) is 0 Å². The van der Waals surface area contributed by atoms with Crippen molar-refractivity contribution in [1.82, 2.24) is 0 Å². The van der Waals surface area contributed by atoms with E-state index in [0.29, 0.717) is 11.3 Å². The Morgan fingerprint density at radius 2 is 1.15 bits per heavy atom. The summed E-state index contributed by atoms with van der Waals surface area (Å²) in [5.41, 5.74) is 0.433. The minimum Gasteiger partial charge on any atom is -0.194 e. The van der Waals surface area contributed by atoms with Gasteiger partial charge in [-0.3, -0.25) is 0 Å². The van der Waals surface area contributed by atoms with Crippen LogP contribution in [0.3, 0.4) is 0 Å². The second kappa shape index (κ2) is 4.71. The van der Waals surface area contributed by atoms with Crippen molar-refractivity contribution >= 4 is 0 Å². The second-order valence-corrected chi connectivity index (χ2v) is 10.4. The topological polar surface area (TPSA) is 25.1 Å². The van der Waals surface area contributed by atoms with Gasteiger partial charge in [-0.05, 0) is 23.2 Å². The average Bonchev–Trinajstić information content (AvgIpc) is 2.89. The lowest BCUT2D eigenvalue weighted by atomic mass is 9.55. The third kappa shape index (κ3) is 3.22. The Labute approximate surface area is 126 Å². The van der Waals surface area contributed by atoms with Gasteiger partial charge < -0.3 is 0 Å². The molecule has 1 atom stereocenters. The fourth-order valence-corrected chi connectivity index (χ4v) is 3.96. The van der Waals surface area contributed by atoms with Gasteiger partial charge in [0.2, 0.25) is 5.79 Å². The fraction of sp³-hybridized carbons (Fsp3) is 1.00. The number of hydrogen-bond acceptors (Lipinski definition) is 2. The summed E-state index contributed by atoms with van der Waals surface area (Å²) in [7, 11) is 0. The summed E-state index contributed by atoms with van der Waals surface area (Å²) in [4.78, 5) is 11.2. The maximum Gasteiger partial charge on any atom is 0.244 e. The van der Waals surface area contributed by atoms with Crippen molar-refractivity contribution in [2.75, 3.05) is 0 Å². The Morgan fingerprint density at radius 1 is 0.750 bits per heavy atom. The lowest BCUT2D eigenvalue weighted by Crippen LogP contribution is -2.52. The molecule has 0 aromatic heterocycles. The van der Waals surface area contributed by atoms with Gasteiger partial charge in [0.25, 0.3) is 0 Å². The molecule has 20 heavy (non-hydrogen) atoms. The molecule has 1 heterocycles. The van der Waals surface area contributed by atoms with E-state index in [9.17, 15) is 0 Å². The van der Waals surface area contributed by atoms with Crippen LogP contribution in [-0.4, -0.2) is 5.79 Å². The van der Waals surface area contributed by atoms with E-state index in [1.165, 1.54) is 0 Å². The van der Waals surface area contributed by atoms with Crippen LogP contribution in [0.5, 0.6) is 0 Å². The van der Waals surface area contributed by atoms with Gasteiger partial charge in [0, 0.05) is 10.8 Å². The van der Waals surface area contributed by atoms with E-state index >= 15 is 0 Å². The predicted octanol–water partition coefficient (Wildman–Crippen LogP) is 5.82. The zero-order chi connectivity index (χ0) is 16.2. The van der Waals surface area contributed by atoms with Gasteiger partial charge in [-0.15, -0.1) is 0 Å². The summed E-state index contributed by atoms with van der Waals surface area (Å²) in [6.07, 6.45) is 1.16. The summed E-state index contributed by atoms with van der Waals surface area (Å²) < 4.78 is 0. The van der Waals surface area contributed by atoms with Gasteiger partial charge in [-0.1, -0.05) is 76.2 Å². The van der Waals surface area contributed by atoms with Gasteiger partial charge >= 0.3 is 0 Å². The van der Waals surface area contributed by atoms with Gasteiger partial charge in [0.15, 0.2) is 0 Å². The minimum absolute atomic E-state index is 0.0299. The van der Waals surface area contributed by atoms with Gasteiger partial charge in [-0.2, -0.15) is 9.78 Å². The van der Waals surface area contributed by atoms with Gasteiger partial charge in [-0.25, -0.2) is 0 Å². The van der Waals surface area contributed by atoms with Crippen LogP contribution in [-0.2, 0) is 9.78 Å². The summed E-state index contributed by atoms with van der Waals surface area (Å²) in [6, 6.07) is 0. The molecule has 0 aromatic rings. The standard InChI is InChI=1S/C18H36O2/c1-14(2,3)12-13(15(4,5)6)17(10,11)18(19-20-18)16(7,8)9/h13H,12H2,1-11H3. The molecule has 1 aliphatic heterocycles. The quantitative estimate of drug-likeness (QED) is 0.482. The lowest BCUT2D eigenvalue weighted by Gasteiger charge is -2.49. The molecule has 120 valence electrons. The van der Waals surface area contributed by atoms with Crippen LogP contribution in [0, 0.1) is 27.6 Å². The molecule has 1 saturated heterocycles. The van der Waals surface area contributed by atoms with Crippen LogP contribution in [0.15, 0.2) is 0 Å². The minimum atomic E-state index is -0.469. The van der Waals surface area contributed by atoms with Crippen LogP contribution in [0.1, 0.15) is 82.6 Å². The highest BCUT2D eigenvalue weighted by Crippen LogP contribution is 2.63. The van der Waals surface area contributed by atoms with E-state index in [1.54, 1.807) is 0 Å². The second-order valence-electron chi connectivity index (χ2n) is 10.4. The van der Waals surface area contributed by atoms with Crippen LogP contribution in [0.25, 0.3) is 0 Å². The summed E-state index contributed by atoms with van der Waals surface area (Å²) in [5, 5.41) is 0. The third-order valence-corrected chi connectivity index (χ3v) is 4.82. The smallest absolute Gasteiger partial charge is 0.194 e. The maximum atomic E-state index is 5.62. The van der Waals surface area contributed by atoms with E-state index in [4.69, 9.17) is 9.78 Å². The zero-order valence-corrected chi connectivity index (χ0v) is 15.6. The van der Waals surface area contributed by atoms with E-state index in [1.807, 2.05) is 0 Å². The first-order chi connectivity index (χ1) is 8.55. The van der Waals surface area contributed by atoms with Crippen molar-refractivity contribution < 1.29 is 9.78 Å². The molecule has 2 nitrogen and oxygen atoms in total. The van der Waals surface area contributed by atoms with E-state index in [0.717, 1.165) is 6.42 Å². The van der Waals surface area contributed by atoms with E-state index in [2.05, 4.69) is 76.2 Å². The number of rotatable bonds is 3. The summed E-state index contributed by atoms with van der Waals surface area (Å²) in [5.74, 6) is 0.0418. The van der Waals surface area contributed by atoms with Crippen molar-refractivity contribution in [3.05, 3.63) is 0 Å². The highest BCUT2D eigenvalue weighted by Gasteiger charge is 2.70. The average molecular weight is 284 g/mol. The predicted molar refractivity (Wildman–Crippen MR) is 85.2 cm³/mol. The van der Waals surface area contributed by atoms with Crippen LogP contribution in [0.2, 0.25) is 0 Å². The third-order valence-electron chi connectivity index (χ3n) is 4.82. The first-order valence-electron chi connectivity index (χ1n) is 7.91. The monoisotopic (exact) mass is 284 g/mol. The molecule has 0 N–H and O–H groups in total. The van der Waals surface area contributed by atoms with Crippen LogP contribution < -0.4 is 0 Å². The fourth-order valence-electron chi connectivity index (χ4n) is 3.96. The zero-order valence-electron chi connectivity index (χ0n) is 15.6. The molecule has 2 heteroatoms. The molecule has 0 aromatic carbocycles. The van der Waals surface area contributed by atoms with Crippen molar-refractivity contribution in [1.29, 1.82) is 0 Å². The van der Waals surface area contributed by atoms with Crippen LogP contribution >= 0.6 is 0 Å². The Morgan fingerprint density at radius 3 is 1.35 bits per heavy atom. The van der Waals surface area contributed by atoms with Gasteiger partial charge in [0.05, 0.1) is 0 Å². The van der Waals surface area contributed by atoms with Crippen LogP contribution in [0.4, 0.5) is 0 Å². The highest BCUT2D eigenvalue weighted by atomic mass is 17.4. The molecule has 0 spiro atoms. The first-order valence-corrected chi connectivity index (χ1v) is 7.91. The summed E-state index contributed by atoms with van der Waals surface area (Å²) in [6.45, 7) is 25.2. The molecule has 0 amide bonds. The SMILES string of the molecule is CC(C)(C)CC(C(C)(C)C)C(C)(C)C1(C(C)(C)C)OO1. The Kier molecular flexibility index (Phi) is 4.23. The molecule has 1 aliphatic rings. The van der Waals surface area contributed by atoms with Crippen molar-refractivity contribution in [3.8, 4) is 0 Å². The molecule has 0 saturated carbocycles. The Balaban J connectivity index is 3.20. The van der Waals surface area contributed by atoms with Crippen molar-refractivity contribution in [2.45, 2.75) is 88.4 Å². The molecular weight excluding hydrogens is 248 g/mol. The largest absolute Gasteiger partial charge is 0.244 e. The van der Waals surface area contributed by atoms with E-state index < -0.39 is 5.79 Å². The molecule has 0 radical (unpaired) electrons. The molecular formula is C18H36O2. The Hall–Kier alpha value is -0.0800. The van der Waals surface area contributed by atoms with Gasteiger partial charge in [0.1, 0.15) is 0 Å². The van der Waals surface area contributed by atoms with Crippen molar-refractivity contribution in [2.24, 2.45) is 27.6 Å². The molecule has 1 unspecified atom stereocenters. The maximum absolute atomic E-state index is 5.62.